The molecule has 0 bridgehead atoms. The zero-order valence-electron chi connectivity index (χ0n) is 12.1. The van der Waals surface area contributed by atoms with Crippen LogP contribution in [0.15, 0.2) is 24.3 Å². The maximum Gasteiger partial charge on any atom is 0.234 e. The van der Waals surface area contributed by atoms with Gasteiger partial charge in [0.15, 0.2) is 0 Å². The molecule has 1 aliphatic rings. The molecule has 1 heterocycles. The minimum Gasteiger partial charge on any atom is -0.355 e. The van der Waals surface area contributed by atoms with Gasteiger partial charge in [0.2, 0.25) is 5.91 Å². The maximum atomic E-state index is 12.8. The number of nitrogens with zero attached hydrogens (tertiary/aromatic N) is 1. The first-order chi connectivity index (χ1) is 9.74. The SMILES string of the molecule is Cl.O=C(CN1CCCNCC1)NCCc1ccc(F)cc1. The van der Waals surface area contributed by atoms with E-state index in [9.17, 15) is 9.18 Å². The lowest BCUT2D eigenvalue weighted by atomic mass is 10.1. The first kappa shape index (κ1) is 17.9. The highest BCUT2D eigenvalue weighted by Gasteiger charge is 2.12. The van der Waals surface area contributed by atoms with Gasteiger partial charge in [-0.25, -0.2) is 4.39 Å². The van der Waals surface area contributed by atoms with E-state index in [1.54, 1.807) is 12.1 Å². The van der Waals surface area contributed by atoms with Gasteiger partial charge in [-0.05, 0) is 43.6 Å². The second-order valence-corrected chi connectivity index (χ2v) is 5.11. The van der Waals surface area contributed by atoms with Crippen LogP contribution in [-0.2, 0) is 11.2 Å². The van der Waals surface area contributed by atoms with Gasteiger partial charge in [0.1, 0.15) is 5.82 Å². The zero-order chi connectivity index (χ0) is 14.2. The van der Waals surface area contributed by atoms with Gasteiger partial charge in [0.05, 0.1) is 6.54 Å². The molecule has 0 spiro atoms. The summed E-state index contributed by atoms with van der Waals surface area (Å²) < 4.78 is 12.8. The van der Waals surface area contributed by atoms with Crippen LogP contribution in [0.3, 0.4) is 0 Å². The van der Waals surface area contributed by atoms with Gasteiger partial charge in [-0.2, -0.15) is 0 Å². The van der Waals surface area contributed by atoms with Crippen LogP contribution in [-0.4, -0.2) is 50.1 Å². The highest BCUT2D eigenvalue weighted by atomic mass is 35.5. The monoisotopic (exact) mass is 315 g/mol. The van der Waals surface area contributed by atoms with Crippen molar-refractivity contribution in [3.8, 4) is 0 Å². The molecule has 0 saturated carbocycles. The van der Waals surface area contributed by atoms with E-state index in [0.717, 1.165) is 44.6 Å². The predicted octanol–water partition coefficient (Wildman–Crippen LogP) is 1.20. The normalized spacial score (nSPS) is 15.9. The van der Waals surface area contributed by atoms with E-state index in [1.165, 1.54) is 12.1 Å². The van der Waals surface area contributed by atoms with E-state index in [2.05, 4.69) is 15.5 Å². The smallest absolute Gasteiger partial charge is 0.234 e. The first-order valence-electron chi connectivity index (χ1n) is 7.18. The summed E-state index contributed by atoms with van der Waals surface area (Å²) in [6.07, 6.45) is 1.82. The van der Waals surface area contributed by atoms with Gasteiger partial charge in [-0.3, -0.25) is 9.69 Å². The molecule has 1 fully saturated rings. The first-order valence-corrected chi connectivity index (χ1v) is 7.18. The van der Waals surface area contributed by atoms with Crippen molar-refractivity contribution >= 4 is 18.3 Å². The molecule has 0 aliphatic carbocycles. The van der Waals surface area contributed by atoms with Crippen molar-refractivity contribution in [1.82, 2.24) is 15.5 Å². The van der Waals surface area contributed by atoms with Crippen molar-refractivity contribution in [2.45, 2.75) is 12.8 Å². The molecule has 1 aliphatic heterocycles. The Balaban J connectivity index is 0.00000220. The fourth-order valence-electron chi connectivity index (χ4n) is 2.32. The highest BCUT2D eigenvalue weighted by Crippen LogP contribution is 2.02. The van der Waals surface area contributed by atoms with Crippen LogP contribution >= 0.6 is 12.4 Å². The second kappa shape index (κ2) is 9.71. The van der Waals surface area contributed by atoms with Crippen molar-refractivity contribution in [2.75, 3.05) is 39.3 Å². The van der Waals surface area contributed by atoms with Gasteiger partial charge >= 0.3 is 0 Å². The quantitative estimate of drug-likeness (QED) is 0.858. The van der Waals surface area contributed by atoms with Crippen LogP contribution in [0.1, 0.15) is 12.0 Å². The van der Waals surface area contributed by atoms with E-state index in [-0.39, 0.29) is 24.1 Å². The lowest BCUT2D eigenvalue weighted by Crippen LogP contribution is -2.39. The number of carbonyl (C=O) groups excluding carboxylic acids is 1. The Morgan fingerprint density at radius 2 is 2.00 bits per heavy atom. The van der Waals surface area contributed by atoms with Crippen molar-refractivity contribution in [1.29, 1.82) is 0 Å². The lowest BCUT2D eigenvalue weighted by molar-refractivity contribution is -0.122. The molecule has 21 heavy (non-hydrogen) atoms. The van der Waals surface area contributed by atoms with E-state index in [0.29, 0.717) is 13.1 Å². The zero-order valence-corrected chi connectivity index (χ0v) is 12.9. The van der Waals surface area contributed by atoms with Crippen molar-refractivity contribution < 1.29 is 9.18 Å². The largest absolute Gasteiger partial charge is 0.355 e. The number of hydrogen-bond donors (Lipinski definition) is 2. The molecule has 6 heteroatoms. The number of carbonyl (C=O) groups is 1. The molecule has 1 aromatic carbocycles. The van der Waals surface area contributed by atoms with E-state index < -0.39 is 0 Å². The number of benzene rings is 1. The summed E-state index contributed by atoms with van der Waals surface area (Å²) in [7, 11) is 0. The summed E-state index contributed by atoms with van der Waals surface area (Å²) >= 11 is 0. The Kier molecular flexibility index (Phi) is 8.27. The van der Waals surface area contributed by atoms with Crippen LogP contribution < -0.4 is 10.6 Å². The summed E-state index contributed by atoms with van der Waals surface area (Å²) in [5.41, 5.74) is 1.03. The fourth-order valence-corrected chi connectivity index (χ4v) is 2.32. The van der Waals surface area contributed by atoms with E-state index in [1.807, 2.05) is 0 Å². The number of hydrogen-bond acceptors (Lipinski definition) is 3. The molecular weight excluding hydrogens is 293 g/mol. The Morgan fingerprint density at radius 1 is 1.24 bits per heavy atom. The van der Waals surface area contributed by atoms with Crippen LogP contribution in [0.4, 0.5) is 4.39 Å². The molecule has 1 aromatic rings. The Morgan fingerprint density at radius 3 is 2.76 bits per heavy atom. The average molecular weight is 316 g/mol. The van der Waals surface area contributed by atoms with Gasteiger partial charge in [-0.1, -0.05) is 12.1 Å². The molecule has 2 N–H and O–H groups in total. The number of nitrogens with one attached hydrogen (secondary N) is 2. The molecule has 118 valence electrons. The predicted molar refractivity (Wildman–Crippen MR) is 84.3 cm³/mol. The number of halogens is 2. The summed E-state index contributed by atoms with van der Waals surface area (Å²) in [6.45, 7) is 4.93. The van der Waals surface area contributed by atoms with Crippen molar-refractivity contribution in [2.24, 2.45) is 0 Å². The Labute approximate surface area is 131 Å². The van der Waals surface area contributed by atoms with Crippen LogP contribution in [0.5, 0.6) is 0 Å². The van der Waals surface area contributed by atoms with Gasteiger partial charge < -0.3 is 10.6 Å². The second-order valence-electron chi connectivity index (χ2n) is 5.11. The number of amides is 1. The third kappa shape index (κ3) is 6.89. The van der Waals surface area contributed by atoms with Crippen LogP contribution in [0.25, 0.3) is 0 Å². The van der Waals surface area contributed by atoms with E-state index in [4.69, 9.17) is 0 Å². The molecule has 0 unspecified atom stereocenters. The fraction of sp³-hybridized carbons (Fsp3) is 0.533. The standard InChI is InChI=1S/C15H22FN3O.ClH/c16-14-4-2-13(3-5-14)6-8-18-15(20)12-19-10-1-7-17-9-11-19;/h2-5,17H,1,6-12H2,(H,18,20);1H. The van der Waals surface area contributed by atoms with Gasteiger partial charge in [0.25, 0.3) is 0 Å². The van der Waals surface area contributed by atoms with Crippen molar-refractivity contribution in [3.63, 3.8) is 0 Å². The maximum absolute atomic E-state index is 12.8. The minimum absolute atomic E-state index is 0. The summed E-state index contributed by atoms with van der Waals surface area (Å²) in [5.74, 6) is -0.165. The molecule has 1 saturated heterocycles. The third-order valence-electron chi connectivity index (χ3n) is 3.45. The molecule has 4 nitrogen and oxygen atoms in total. The topological polar surface area (TPSA) is 44.4 Å². The molecule has 1 amide bonds. The summed E-state index contributed by atoms with van der Waals surface area (Å²) in [6, 6.07) is 6.40. The van der Waals surface area contributed by atoms with Gasteiger partial charge in [0, 0.05) is 19.6 Å². The molecule has 0 atom stereocenters. The molecule has 2 rings (SSSR count). The molecule has 0 aromatic heterocycles. The summed E-state index contributed by atoms with van der Waals surface area (Å²) in [5, 5.41) is 6.23. The number of rotatable bonds is 5. The minimum atomic E-state index is -0.229. The van der Waals surface area contributed by atoms with Crippen molar-refractivity contribution in [3.05, 3.63) is 35.6 Å². The Hall–Kier alpha value is -1.17. The molecular formula is C15H23ClFN3O. The highest BCUT2D eigenvalue weighted by molar-refractivity contribution is 5.85. The van der Waals surface area contributed by atoms with Crippen LogP contribution in [0.2, 0.25) is 0 Å². The lowest BCUT2D eigenvalue weighted by Gasteiger charge is -2.18. The van der Waals surface area contributed by atoms with Crippen LogP contribution in [0, 0.1) is 5.82 Å². The van der Waals surface area contributed by atoms with E-state index >= 15 is 0 Å². The molecule has 0 radical (unpaired) electrons. The third-order valence-corrected chi connectivity index (χ3v) is 3.45. The summed E-state index contributed by atoms with van der Waals surface area (Å²) in [4.78, 5) is 14.0. The Bertz CT molecular complexity index is 419. The van der Waals surface area contributed by atoms with Gasteiger partial charge in [-0.15, -0.1) is 12.4 Å². The average Bonchev–Trinajstić information content (AvgIpc) is 2.70.